The highest BCUT2D eigenvalue weighted by atomic mass is 16.6. The van der Waals surface area contributed by atoms with E-state index in [0.717, 1.165) is 6.20 Å². The van der Waals surface area contributed by atoms with E-state index in [1.165, 1.54) is 12.4 Å². The van der Waals surface area contributed by atoms with Crippen LogP contribution in [0, 0.1) is 10.1 Å². The maximum absolute atomic E-state index is 12.2. The third-order valence-electron chi connectivity index (χ3n) is 2.77. The van der Waals surface area contributed by atoms with Gasteiger partial charge in [-0.05, 0) is 6.92 Å². The lowest BCUT2D eigenvalue weighted by Gasteiger charge is -2.11. The lowest BCUT2D eigenvalue weighted by atomic mass is 10.2. The Hall–Kier alpha value is -3.04. The van der Waals surface area contributed by atoms with Crippen molar-refractivity contribution in [3.05, 3.63) is 40.1 Å². The van der Waals surface area contributed by atoms with E-state index in [9.17, 15) is 14.9 Å². The van der Waals surface area contributed by atoms with Gasteiger partial charge in [-0.15, -0.1) is 0 Å². The average molecular weight is 291 g/mol. The number of rotatable bonds is 5. The number of hydrogen-bond donors (Lipinski definition) is 3. The van der Waals surface area contributed by atoms with Crippen molar-refractivity contribution >= 4 is 17.4 Å². The van der Waals surface area contributed by atoms with Gasteiger partial charge in [0.25, 0.3) is 11.6 Å². The molecule has 1 unspecified atom stereocenters. The van der Waals surface area contributed by atoms with Crippen LogP contribution in [0.4, 0.5) is 11.5 Å². The molecule has 1 atom stereocenters. The fourth-order valence-electron chi connectivity index (χ4n) is 1.68. The Morgan fingerprint density at radius 1 is 1.48 bits per heavy atom. The third kappa shape index (κ3) is 3.11. The van der Waals surface area contributed by atoms with Crippen LogP contribution in [0.5, 0.6) is 0 Å². The zero-order valence-electron chi connectivity index (χ0n) is 11.3. The van der Waals surface area contributed by atoms with Crippen LogP contribution in [0.15, 0.2) is 18.6 Å². The van der Waals surface area contributed by atoms with E-state index in [1.807, 2.05) is 0 Å². The molecule has 0 aliphatic rings. The van der Waals surface area contributed by atoms with Gasteiger partial charge in [-0.25, -0.2) is 9.97 Å². The standard InChI is InChI=1S/C11H13N7O3/c1-6(10-14-5-15-17-10)16-11(19)7-3-9(12-2)13-4-8(7)18(20)21/h3-6H,1-2H3,(H,12,13)(H,16,19)(H,14,15,17). The Balaban J connectivity index is 2.27. The zero-order valence-corrected chi connectivity index (χ0v) is 11.3. The first kappa shape index (κ1) is 14.4. The van der Waals surface area contributed by atoms with Gasteiger partial charge < -0.3 is 10.6 Å². The number of H-pyrrole nitrogens is 1. The second-order valence-electron chi connectivity index (χ2n) is 4.16. The molecule has 0 aliphatic heterocycles. The summed E-state index contributed by atoms with van der Waals surface area (Å²) in [5.41, 5.74) is -0.443. The lowest BCUT2D eigenvalue weighted by Crippen LogP contribution is -2.28. The minimum Gasteiger partial charge on any atom is -0.373 e. The number of amides is 1. The number of nitro groups is 1. The van der Waals surface area contributed by atoms with Gasteiger partial charge in [0.2, 0.25) is 0 Å². The molecule has 0 spiro atoms. The van der Waals surface area contributed by atoms with Crippen LogP contribution >= 0.6 is 0 Å². The van der Waals surface area contributed by atoms with E-state index in [0.29, 0.717) is 11.6 Å². The molecular weight excluding hydrogens is 278 g/mol. The minimum absolute atomic E-state index is 0.0780. The molecule has 0 aliphatic carbocycles. The number of aromatic amines is 1. The number of nitrogens with one attached hydrogen (secondary N) is 3. The molecule has 0 bridgehead atoms. The number of anilines is 1. The number of carbonyl (C=O) groups is 1. The largest absolute Gasteiger partial charge is 0.373 e. The number of pyridine rings is 1. The smallest absolute Gasteiger partial charge is 0.300 e. The predicted octanol–water partition coefficient (Wildman–Crippen LogP) is 0.641. The van der Waals surface area contributed by atoms with Gasteiger partial charge in [-0.3, -0.25) is 20.0 Å². The first-order chi connectivity index (χ1) is 10.0. The molecule has 2 aromatic heterocycles. The molecule has 0 aromatic carbocycles. The van der Waals surface area contributed by atoms with Crippen molar-refractivity contribution in [2.45, 2.75) is 13.0 Å². The van der Waals surface area contributed by atoms with Crippen molar-refractivity contribution in [2.75, 3.05) is 12.4 Å². The summed E-state index contributed by atoms with van der Waals surface area (Å²) in [5.74, 6) is 0.219. The SMILES string of the molecule is CNc1cc(C(=O)NC(C)c2ncn[nH]2)c([N+](=O)[O-])cn1. The van der Waals surface area contributed by atoms with Gasteiger partial charge in [0.05, 0.1) is 11.0 Å². The zero-order chi connectivity index (χ0) is 15.4. The molecular formula is C11H13N7O3. The first-order valence-electron chi connectivity index (χ1n) is 6.01. The Morgan fingerprint density at radius 3 is 2.81 bits per heavy atom. The summed E-state index contributed by atoms with van der Waals surface area (Å²) in [6.07, 6.45) is 2.35. The van der Waals surface area contributed by atoms with E-state index in [4.69, 9.17) is 0 Å². The number of aromatic nitrogens is 4. The van der Waals surface area contributed by atoms with Gasteiger partial charge in [0, 0.05) is 13.1 Å². The summed E-state index contributed by atoms with van der Waals surface area (Å²) >= 11 is 0. The van der Waals surface area contributed by atoms with Crippen molar-refractivity contribution in [2.24, 2.45) is 0 Å². The van der Waals surface area contributed by atoms with E-state index in [1.54, 1.807) is 14.0 Å². The van der Waals surface area contributed by atoms with E-state index < -0.39 is 16.9 Å². The summed E-state index contributed by atoms with van der Waals surface area (Å²) in [5, 5.41) is 22.6. The van der Waals surface area contributed by atoms with Crippen LogP contribution in [-0.2, 0) is 0 Å². The maximum atomic E-state index is 12.2. The van der Waals surface area contributed by atoms with Crippen molar-refractivity contribution in [3.8, 4) is 0 Å². The summed E-state index contributed by atoms with van der Waals surface area (Å²) in [6, 6.07) is 0.853. The third-order valence-corrected chi connectivity index (χ3v) is 2.77. The fraction of sp³-hybridized carbons (Fsp3) is 0.273. The quantitative estimate of drug-likeness (QED) is 0.542. The van der Waals surface area contributed by atoms with Crippen LogP contribution in [0.2, 0.25) is 0 Å². The van der Waals surface area contributed by atoms with Gasteiger partial charge in [-0.2, -0.15) is 5.10 Å². The highest BCUT2D eigenvalue weighted by Crippen LogP contribution is 2.21. The van der Waals surface area contributed by atoms with Crippen molar-refractivity contribution in [1.29, 1.82) is 0 Å². The van der Waals surface area contributed by atoms with Crippen LogP contribution < -0.4 is 10.6 Å². The van der Waals surface area contributed by atoms with Crippen molar-refractivity contribution in [3.63, 3.8) is 0 Å². The fourth-order valence-corrected chi connectivity index (χ4v) is 1.68. The highest BCUT2D eigenvalue weighted by Gasteiger charge is 2.23. The molecule has 10 nitrogen and oxygen atoms in total. The van der Waals surface area contributed by atoms with Gasteiger partial charge >= 0.3 is 0 Å². The molecule has 10 heteroatoms. The van der Waals surface area contributed by atoms with Crippen LogP contribution in [0.1, 0.15) is 29.1 Å². The van der Waals surface area contributed by atoms with Crippen molar-refractivity contribution < 1.29 is 9.72 Å². The predicted molar refractivity (Wildman–Crippen MR) is 72.7 cm³/mol. The van der Waals surface area contributed by atoms with E-state index in [-0.39, 0.29) is 11.3 Å². The highest BCUT2D eigenvalue weighted by molar-refractivity contribution is 5.98. The molecule has 2 heterocycles. The maximum Gasteiger partial charge on any atom is 0.300 e. The van der Waals surface area contributed by atoms with Crippen molar-refractivity contribution in [1.82, 2.24) is 25.5 Å². The summed E-state index contributed by atoms with van der Waals surface area (Å²) in [7, 11) is 1.60. The molecule has 0 saturated carbocycles. The molecule has 21 heavy (non-hydrogen) atoms. The molecule has 1 amide bonds. The Kier molecular flexibility index (Phi) is 4.07. The van der Waals surface area contributed by atoms with Gasteiger partial charge in [-0.1, -0.05) is 0 Å². The Labute approximate surface area is 119 Å². The van der Waals surface area contributed by atoms with Crippen LogP contribution in [0.25, 0.3) is 0 Å². The molecule has 2 rings (SSSR count). The Morgan fingerprint density at radius 2 is 2.24 bits per heavy atom. The average Bonchev–Trinajstić information content (AvgIpc) is 3.00. The topological polar surface area (TPSA) is 139 Å². The molecule has 0 saturated heterocycles. The monoisotopic (exact) mass is 291 g/mol. The lowest BCUT2D eigenvalue weighted by molar-refractivity contribution is -0.385. The number of hydrogen-bond acceptors (Lipinski definition) is 7. The van der Waals surface area contributed by atoms with Gasteiger partial charge in [0.1, 0.15) is 29.7 Å². The van der Waals surface area contributed by atoms with Crippen LogP contribution in [-0.4, -0.2) is 38.0 Å². The second kappa shape index (κ2) is 5.94. The normalized spacial score (nSPS) is 11.7. The minimum atomic E-state index is -0.652. The number of carbonyl (C=O) groups excluding carboxylic acids is 1. The second-order valence-corrected chi connectivity index (χ2v) is 4.16. The van der Waals surface area contributed by atoms with E-state index >= 15 is 0 Å². The van der Waals surface area contributed by atoms with E-state index in [2.05, 4.69) is 30.8 Å². The van der Waals surface area contributed by atoms with Gasteiger partial charge in [0.15, 0.2) is 0 Å². The molecule has 2 aromatic rings. The molecule has 0 fully saturated rings. The first-order valence-corrected chi connectivity index (χ1v) is 6.01. The molecule has 0 radical (unpaired) electrons. The molecule has 3 N–H and O–H groups in total. The Bertz CT molecular complexity index is 656. The summed E-state index contributed by atoms with van der Waals surface area (Å²) < 4.78 is 0. The van der Waals surface area contributed by atoms with Crippen LogP contribution in [0.3, 0.4) is 0 Å². The summed E-state index contributed by atoms with van der Waals surface area (Å²) in [6.45, 7) is 1.68. The molecule has 110 valence electrons. The summed E-state index contributed by atoms with van der Waals surface area (Å²) in [4.78, 5) is 30.3. The number of nitrogens with zero attached hydrogens (tertiary/aromatic N) is 4.